The van der Waals surface area contributed by atoms with Crippen molar-refractivity contribution in [1.82, 2.24) is 4.57 Å². The van der Waals surface area contributed by atoms with Gasteiger partial charge in [-0.1, -0.05) is 6.07 Å². The van der Waals surface area contributed by atoms with Gasteiger partial charge in [0.1, 0.15) is 0 Å². The first-order chi connectivity index (χ1) is 9.58. The van der Waals surface area contributed by atoms with Crippen molar-refractivity contribution < 1.29 is 9.53 Å². The van der Waals surface area contributed by atoms with E-state index in [1.54, 1.807) is 22.6 Å². The molecule has 0 unspecified atom stereocenters. The van der Waals surface area contributed by atoms with Crippen LogP contribution in [0.1, 0.15) is 12.0 Å². The zero-order valence-corrected chi connectivity index (χ0v) is 11.5. The van der Waals surface area contributed by atoms with Crippen molar-refractivity contribution in [2.45, 2.75) is 13.3 Å². The summed E-state index contributed by atoms with van der Waals surface area (Å²) >= 11 is 0. The number of aryl methyl sites for hydroxylation is 2. The number of aromatic nitrogens is 1. The van der Waals surface area contributed by atoms with E-state index in [0.717, 1.165) is 28.6 Å². The van der Waals surface area contributed by atoms with Gasteiger partial charge in [0.25, 0.3) is 5.56 Å². The normalized spacial score (nSPS) is 15.5. The van der Waals surface area contributed by atoms with Crippen LogP contribution in [0.2, 0.25) is 0 Å². The maximum Gasteiger partial charge on any atom is 0.414 e. The number of fused-ring (bicyclic) bond motifs is 1. The van der Waals surface area contributed by atoms with Gasteiger partial charge in [0.15, 0.2) is 0 Å². The lowest BCUT2D eigenvalue weighted by Gasteiger charge is -2.26. The first-order valence-electron chi connectivity index (χ1n) is 6.62. The summed E-state index contributed by atoms with van der Waals surface area (Å²) in [6, 6.07) is 7.33. The molecule has 2 heterocycles. The van der Waals surface area contributed by atoms with E-state index in [4.69, 9.17) is 4.74 Å². The van der Waals surface area contributed by atoms with Crippen LogP contribution in [0.4, 0.5) is 10.5 Å². The molecular formula is C15H16N2O3. The number of ether oxygens (including phenoxy) is 1. The summed E-state index contributed by atoms with van der Waals surface area (Å²) < 4.78 is 6.65. The quantitative estimate of drug-likeness (QED) is 0.799. The van der Waals surface area contributed by atoms with E-state index < -0.39 is 0 Å². The molecule has 0 atom stereocenters. The number of hydrogen-bond acceptors (Lipinski definition) is 3. The molecule has 2 aromatic rings. The van der Waals surface area contributed by atoms with Crippen molar-refractivity contribution in [3.63, 3.8) is 0 Å². The van der Waals surface area contributed by atoms with Crippen LogP contribution in [0.15, 0.2) is 29.1 Å². The number of amides is 1. The summed E-state index contributed by atoms with van der Waals surface area (Å²) in [7, 11) is 1.74. The minimum Gasteiger partial charge on any atom is -0.449 e. The molecule has 0 radical (unpaired) electrons. The first kappa shape index (κ1) is 12.7. The van der Waals surface area contributed by atoms with Gasteiger partial charge in [0.2, 0.25) is 0 Å². The Hall–Kier alpha value is -2.30. The van der Waals surface area contributed by atoms with Crippen LogP contribution in [0.3, 0.4) is 0 Å². The van der Waals surface area contributed by atoms with Gasteiger partial charge in [-0.25, -0.2) is 4.79 Å². The van der Waals surface area contributed by atoms with Gasteiger partial charge in [-0.3, -0.25) is 9.69 Å². The van der Waals surface area contributed by atoms with Crippen molar-refractivity contribution in [3.05, 3.63) is 40.2 Å². The monoisotopic (exact) mass is 272 g/mol. The summed E-state index contributed by atoms with van der Waals surface area (Å²) in [4.78, 5) is 25.3. The van der Waals surface area contributed by atoms with Crippen molar-refractivity contribution in [2.75, 3.05) is 18.1 Å². The number of carbonyl (C=O) groups excluding carboxylic acids is 1. The molecule has 0 spiro atoms. The Kier molecular flexibility index (Phi) is 2.97. The van der Waals surface area contributed by atoms with Gasteiger partial charge in [0, 0.05) is 30.7 Å². The first-order valence-corrected chi connectivity index (χ1v) is 6.62. The van der Waals surface area contributed by atoms with E-state index in [-0.39, 0.29) is 11.7 Å². The lowest BCUT2D eigenvalue weighted by atomic mass is 10.1. The molecule has 1 aliphatic heterocycles. The molecule has 1 fully saturated rings. The summed E-state index contributed by atoms with van der Waals surface area (Å²) in [6.07, 6.45) is 0.490. The smallest absolute Gasteiger partial charge is 0.414 e. The standard InChI is InChI=1S/C15H16N2O3/c1-10-8-14(18)16(2)13-9-11(4-5-12(10)13)17-6-3-7-20-15(17)19/h4-5,8-9H,3,6-7H2,1-2H3. The van der Waals surface area contributed by atoms with E-state index in [0.29, 0.717) is 13.2 Å². The summed E-state index contributed by atoms with van der Waals surface area (Å²) in [5.74, 6) is 0. The Morgan fingerprint density at radius 2 is 2.00 bits per heavy atom. The summed E-state index contributed by atoms with van der Waals surface area (Å²) in [6.45, 7) is 3.03. The van der Waals surface area contributed by atoms with Crippen molar-refractivity contribution in [3.8, 4) is 0 Å². The highest BCUT2D eigenvalue weighted by atomic mass is 16.6. The minimum atomic E-state index is -0.326. The van der Waals surface area contributed by atoms with Crippen molar-refractivity contribution in [1.29, 1.82) is 0 Å². The number of hydrogen-bond donors (Lipinski definition) is 0. The number of rotatable bonds is 1. The molecule has 104 valence electrons. The molecule has 0 aliphatic carbocycles. The average Bonchev–Trinajstić information content (AvgIpc) is 2.45. The van der Waals surface area contributed by atoms with Gasteiger partial charge >= 0.3 is 6.09 Å². The lowest BCUT2D eigenvalue weighted by Crippen LogP contribution is -2.37. The zero-order chi connectivity index (χ0) is 14.3. The second-order valence-electron chi connectivity index (χ2n) is 5.05. The highest BCUT2D eigenvalue weighted by Crippen LogP contribution is 2.25. The van der Waals surface area contributed by atoms with Crippen molar-refractivity contribution in [2.24, 2.45) is 7.05 Å². The van der Waals surface area contributed by atoms with E-state index in [9.17, 15) is 9.59 Å². The molecule has 1 saturated heterocycles. The SMILES string of the molecule is Cc1cc(=O)n(C)c2cc(N3CCCOC3=O)ccc12. The largest absolute Gasteiger partial charge is 0.449 e. The van der Waals surface area contributed by atoms with Crippen LogP contribution in [0.5, 0.6) is 0 Å². The number of anilines is 1. The van der Waals surface area contributed by atoms with Crippen LogP contribution in [0, 0.1) is 6.92 Å². The third kappa shape index (κ3) is 1.95. The van der Waals surface area contributed by atoms with Gasteiger partial charge in [-0.05, 0) is 31.0 Å². The molecule has 1 aliphatic rings. The fourth-order valence-electron chi connectivity index (χ4n) is 2.56. The fraction of sp³-hybridized carbons (Fsp3) is 0.333. The lowest BCUT2D eigenvalue weighted by molar-refractivity contribution is 0.140. The fourth-order valence-corrected chi connectivity index (χ4v) is 2.56. The maximum absolute atomic E-state index is 11.9. The number of cyclic esters (lactones) is 1. The van der Waals surface area contributed by atoms with Crippen LogP contribution >= 0.6 is 0 Å². The van der Waals surface area contributed by atoms with Gasteiger partial charge in [-0.2, -0.15) is 0 Å². The molecule has 20 heavy (non-hydrogen) atoms. The molecule has 1 aromatic carbocycles. The molecule has 5 heteroatoms. The summed E-state index contributed by atoms with van der Waals surface area (Å²) in [5.41, 5.74) is 2.48. The summed E-state index contributed by atoms with van der Waals surface area (Å²) in [5, 5.41) is 1.02. The number of pyridine rings is 1. The van der Waals surface area contributed by atoms with Crippen LogP contribution in [-0.2, 0) is 11.8 Å². The van der Waals surface area contributed by atoms with E-state index in [2.05, 4.69) is 0 Å². The van der Waals surface area contributed by atoms with Crippen LogP contribution in [-0.4, -0.2) is 23.8 Å². The second-order valence-corrected chi connectivity index (χ2v) is 5.05. The minimum absolute atomic E-state index is 0.0478. The maximum atomic E-state index is 11.9. The zero-order valence-electron chi connectivity index (χ0n) is 11.5. The number of nitrogens with zero attached hydrogens (tertiary/aromatic N) is 2. The molecule has 0 saturated carbocycles. The third-order valence-electron chi connectivity index (χ3n) is 3.72. The Balaban J connectivity index is 2.17. The molecular weight excluding hydrogens is 256 g/mol. The molecule has 3 rings (SSSR count). The Morgan fingerprint density at radius 3 is 2.75 bits per heavy atom. The third-order valence-corrected chi connectivity index (χ3v) is 3.72. The average molecular weight is 272 g/mol. The van der Waals surface area contributed by atoms with E-state index in [1.807, 2.05) is 25.1 Å². The molecule has 5 nitrogen and oxygen atoms in total. The van der Waals surface area contributed by atoms with Crippen LogP contribution in [0.25, 0.3) is 10.9 Å². The van der Waals surface area contributed by atoms with E-state index in [1.165, 1.54) is 0 Å². The van der Waals surface area contributed by atoms with Gasteiger partial charge < -0.3 is 9.30 Å². The highest BCUT2D eigenvalue weighted by Gasteiger charge is 2.21. The number of benzene rings is 1. The van der Waals surface area contributed by atoms with Gasteiger partial charge in [-0.15, -0.1) is 0 Å². The number of carbonyl (C=O) groups is 1. The second kappa shape index (κ2) is 4.67. The predicted molar refractivity (Wildman–Crippen MR) is 77.2 cm³/mol. The topological polar surface area (TPSA) is 51.5 Å². The molecule has 1 amide bonds. The Labute approximate surface area is 116 Å². The Morgan fingerprint density at radius 1 is 1.20 bits per heavy atom. The predicted octanol–water partition coefficient (Wildman–Crippen LogP) is 2.19. The van der Waals surface area contributed by atoms with E-state index >= 15 is 0 Å². The molecule has 0 bridgehead atoms. The highest BCUT2D eigenvalue weighted by molar-refractivity contribution is 5.93. The molecule has 0 N–H and O–H groups in total. The Bertz CT molecular complexity index is 749. The molecule has 1 aromatic heterocycles. The van der Waals surface area contributed by atoms with Crippen LogP contribution < -0.4 is 10.5 Å². The van der Waals surface area contributed by atoms with Gasteiger partial charge in [0.05, 0.1) is 12.1 Å². The van der Waals surface area contributed by atoms with Crippen molar-refractivity contribution >= 4 is 22.7 Å².